The first-order chi connectivity index (χ1) is 6.48. The van der Waals surface area contributed by atoms with Crippen LogP contribution in [0.15, 0.2) is 17.0 Å². The van der Waals surface area contributed by atoms with Crippen molar-refractivity contribution in [1.82, 2.24) is 0 Å². The van der Waals surface area contributed by atoms with Gasteiger partial charge in [0.15, 0.2) is 0 Å². The van der Waals surface area contributed by atoms with Crippen LogP contribution >= 0.6 is 12.6 Å². The Bertz CT molecular complexity index is 373. The Kier molecular flexibility index (Phi) is 2.14. The highest BCUT2D eigenvalue weighted by atomic mass is 32.1. The first-order valence-corrected chi connectivity index (χ1v) is 4.60. The van der Waals surface area contributed by atoms with E-state index in [0.29, 0.717) is 12.2 Å². The molecule has 0 amide bonds. The molecule has 0 bridgehead atoms. The van der Waals surface area contributed by atoms with Gasteiger partial charge in [0.05, 0.1) is 5.56 Å². The fourth-order valence-corrected chi connectivity index (χ4v) is 1.91. The van der Waals surface area contributed by atoms with Gasteiger partial charge in [-0.1, -0.05) is 0 Å². The fourth-order valence-electron chi connectivity index (χ4n) is 1.56. The largest absolute Gasteiger partial charge is 0.417 e. The fraction of sp³-hybridized carbons (Fsp3) is 0.333. The Hall–Kier alpha value is -0.840. The number of thiol groups is 1. The van der Waals surface area contributed by atoms with Crippen molar-refractivity contribution in [3.05, 3.63) is 23.3 Å². The molecule has 0 saturated carbocycles. The Morgan fingerprint density at radius 2 is 2.00 bits per heavy atom. The molecule has 0 saturated heterocycles. The van der Waals surface area contributed by atoms with Crippen molar-refractivity contribution in [2.75, 3.05) is 11.9 Å². The van der Waals surface area contributed by atoms with Crippen molar-refractivity contribution < 1.29 is 13.2 Å². The lowest BCUT2D eigenvalue weighted by atomic mass is 10.1. The average molecular weight is 219 g/mol. The molecule has 1 aromatic rings. The summed E-state index contributed by atoms with van der Waals surface area (Å²) >= 11 is 3.84. The van der Waals surface area contributed by atoms with E-state index in [1.807, 2.05) is 0 Å². The number of fused-ring (bicyclic) bond motifs is 1. The Morgan fingerprint density at radius 1 is 1.29 bits per heavy atom. The molecule has 76 valence electrons. The quantitative estimate of drug-likeness (QED) is 0.639. The second-order valence-corrected chi connectivity index (χ2v) is 3.68. The average Bonchev–Trinajstić information content (AvgIpc) is 2.47. The Morgan fingerprint density at radius 3 is 2.64 bits per heavy atom. The van der Waals surface area contributed by atoms with Gasteiger partial charge in [-0.15, -0.1) is 12.6 Å². The molecule has 1 aliphatic heterocycles. The van der Waals surface area contributed by atoms with Gasteiger partial charge in [0.25, 0.3) is 0 Å². The van der Waals surface area contributed by atoms with E-state index in [2.05, 4.69) is 17.9 Å². The van der Waals surface area contributed by atoms with Gasteiger partial charge in [-0.05, 0) is 24.1 Å². The molecule has 1 N–H and O–H groups in total. The summed E-state index contributed by atoms with van der Waals surface area (Å²) < 4.78 is 37.3. The van der Waals surface area contributed by atoms with Crippen LogP contribution in [0.2, 0.25) is 0 Å². The third-order valence-electron chi connectivity index (χ3n) is 2.24. The number of hydrogen-bond donors (Lipinski definition) is 2. The molecule has 0 atom stereocenters. The van der Waals surface area contributed by atoms with E-state index in [4.69, 9.17) is 0 Å². The molecule has 0 unspecified atom stereocenters. The van der Waals surface area contributed by atoms with Crippen LogP contribution in [0.1, 0.15) is 11.1 Å². The highest BCUT2D eigenvalue weighted by Crippen LogP contribution is 2.38. The summed E-state index contributed by atoms with van der Waals surface area (Å²) in [6.07, 6.45) is -3.56. The number of hydrogen-bond acceptors (Lipinski definition) is 2. The molecule has 0 aromatic heterocycles. The molecular weight excluding hydrogens is 211 g/mol. The summed E-state index contributed by atoms with van der Waals surface area (Å²) in [6.45, 7) is 0.698. The molecule has 0 aliphatic carbocycles. The molecule has 1 nitrogen and oxygen atoms in total. The van der Waals surface area contributed by atoms with Gasteiger partial charge < -0.3 is 5.32 Å². The monoisotopic (exact) mass is 219 g/mol. The van der Waals surface area contributed by atoms with Gasteiger partial charge in [-0.3, -0.25) is 0 Å². The maximum absolute atomic E-state index is 12.4. The van der Waals surface area contributed by atoms with Gasteiger partial charge in [0.1, 0.15) is 0 Å². The summed E-state index contributed by atoms with van der Waals surface area (Å²) in [5, 5.41) is 2.91. The smallest absolute Gasteiger partial charge is 0.384 e. The molecule has 1 aliphatic rings. The van der Waals surface area contributed by atoms with Crippen molar-refractivity contribution in [3.8, 4) is 0 Å². The molecule has 2 rings (SSSR count). The van der Waals surface area contributed by atoms with E-state index >= 15 is 0 Å². The summed E-state index contributed by atoms with van der Waals surface area (Å²) in [6, 6.07) is 2.62. The van der Waals surface area contributed by atoms with Crippen molar-refractivity contribution in [1.29, 1.82) is 0 Å². The van der Waals surface area contributed by atoms with E-state index in [9.17, 15) is 13.2 Å². The summed E-state index contributed by atoms with van der Waals surface area (Å²) in [5.74, 6) is 0. The van der Waals surface area contributed by atoms with Crippen LogP contribution in [0.4, 0.5) is 18.9 Å². The van der Waals surface area contributed by atoms with Crippen molar-refractivity contribution in [2.45, 2.75) is 17.5 Å². The summed E-state index contributed by atoms with van der Waals surface area (Å²) in [4.78, 5) is -0.0000463. The first-order valence-electron chi connectivity index (χ1n) is 4.15. The normalized spacial score (nSPS) is 15.1. The molecular formula is C9H8F3NS. The lowest BCUT2D eigenvalue weighted by Gasteiger charge is -2.11. The van der Waals surface area contributed by atoms with Crippen molar-refractivity contribution >= 4 is 18.3 Å². The number of anilines is 1. The molecule has 0 spiro atoms. The predicted octanol–water partition coefficient (Wildman–Crippen LogP) is 2.96. The highest BCUT2D eigenvalue weighted by Gasteiger charge is 2.34. The predicted molar refractivity (Wildman–Crippen MR) is 50.9 cm³/mol. The Balaban J connectivity index is 2.53. The highest BCUT2D eigenvalue weighted by molar-refractivity contribution is 7.80. The third-order valence-corrected chi connectivity index (χ3v) is 2.61. The maximum Gasteiger partial charge on any atom is 0.417 e. The van der Waals surface area contributed by atoms with E-state index < -0.39 is 11.7 Å². The van der Waals surface area contributed by atoms with Gasteiger partial charge in [-0.2, -0.15) is 13.2 Å². The van der Waals surface area contributed by atoms with E-state index in [1.165, 1.54) is 6.07 Å². The van der Waals surface area contributed by atoms with E-state index in [-0.39, 0.29) is 4.90 Å². The molecule has 1 aromatic carbocycles. The molecule has 0 radical (unpaired) electrons. The van der Waals surface area contributed by atoms with Crippen LogP contribution in [0.3, 0.4) is 0 Å². The van der Waals surface area contributed by atoms with Crippen LogP contribution in [0.5, 0.6) is 0 Å². The van der Waals surface area contributed by atoms with Gasteiger partial charge >= 0.3 is 6.18 Å². The molecule has 5 heteroatoms. The summed E-state index contributed by atoms with van der Waals surface area (Å²) in [5.41, 5.74) is 0.812. The zero-order valence-corrected chi connectivity index (χ0v) is 8.04. The SMILES string of the molecule is FC(F)(F)c1cc2c(cc1S)CCN2. The minimum atomic E-state index is -4.32. The van der Waals surface area contributed by atoms with Gasteiger partial charge in [0.2, 0.25) is 0 Å². The van der Waals surface area contributed by atoms with E-state index in [0.717, 1.165) is 18.1 Å². The zero-order chi connectivity index (χ0) is 10.3. The van der Waals surface area contributed by atoms with Crippen LogP contribution in [-0.2, 0) is 12.6 Å². The number of halogens is 3. The standard InChI is InChI=1S/C9H8F3NS/c10-9(11,12)6-4-7-5(1-2-13-7)3-8(6)14/h3-4,13-14H,1-2H2. The van der Waals surface area contributed by atoms with Gasteiger partial charge in [0, 0.05) is 17.1 Å². The summed E-state index contributed by atoms with van der Waals surface area (Å²) in [7, 11) is 0. The minimum absolute atomic E-state index is 0.0000463. The maximum atomic E-state index is 12.4. The molecule has 1 heterocycles. The number of rotatable bonds is 0. The topological polar surface area (TPSA) is 12.0 Å². The van der Waals surface area contributed by atoms with Crippen molar-refractivity contribution in [2.24, 2.45) is 0 Å². The first kappa shape index (κ1) is 9.71. The number of benzene rings is 1. The van der Waals surface area contributed by atoms with Crippen LogP contribution in [-0.4, -0.2) is 6.54 Å². The third kappa shape index (κ3) is 1.56. The lowest BCUT2D eigenvalue weighted by Crippen LogP contribution is -2.06. The van der Waals surface area contributed by atoms with Crippen LogP contribution in [0, 0.1) is 0 Å². The second-order valence-electron chi connectivity index (χ2n) is 3.20. The van der Waals surface area contributed by atoms with Crippen LogP contribution in [0.25, 0.3) is 0 Å². The number of alkyl halides is 3. The second kappa shape index (κ2) is 3.08. The molecule has 14 heavy (non-hydrogen) atoms. The molecule has 0 fully saturated rings. The number of nitrogens with one attached hydrogen (secondary N) is 1. The zero-order valence-electron chi connectivity index (χ0n) is 7.15. The van der Waals surface area contributed by atoms with Crippen LogP contribution < -0.4 is 5.32 Å². The van der Waals surface area contributed by atoms with Gasteiger partial charge in [-0.25, -0.2) is 0 Å². The lowest BCUT2D eigenvalue weighted by molar-refractivity contribution is -0.139. The Labute approximate surface area is 84.7 Å². The van der Waals surface area contributed by atoms with E-state index in [1.54, 1.807) is 0 Å². The minimum Gasteiger partial charge on any atom is -0.384 e. The van der Waals surface area contributed by atoms with Crippen molar-refractivity contribution in [3.63, 3.8) is 0 Å².